The lowest BCUT2D eigenvalue weighted by Crippen LogP contribution is -2.25. The highest BCUT2D eigenvalue weighted by Crippen LogP contribution is 2.27. The number of hydrogen-bond donors (Lipinski definition) is 0. The van der Waals surface area contributed by atoms with Crippen molar-refractivity contribution in [2.45, 2.75) is 38.1 Å². The van der Waals surface area contributed by atoms with E-state index in [1.54, 1.807) is 22.8 Å². The zero-order chi connectivity index (χ0) is 20.3. The van der Waals surface area contributed by atoms with Crippen LogP contribution in [0.3, 0.4) is 0 Å². The molecule has 2 heterocycles. The number of thioether (sulfide) groups is 1. The Balaban J connectivity index is 1.73. The summed E-state index contributed by atoms with van der Waals surface area (Å²) < 4.78 is 6.96. The molecular formula is C19H20N4O4S. The third-order valence-electron chi connectivity index (χ3n) is 3.95. The van der Waals surface area contributed by atoms with Crippen LogP contribution >= 0.6 is 11.8 Å². The molecule has 0 atom stereocenters. The number of nitro groups is 1. The summed E-state index contributed by atoms with van der Waals surface area (Å²) in [5.41, 5.74) is 1.79. The standard InChI is InChI=1S/C19H20N4O4S/c1-12(2)9-22-10-13(3)18(20-19(22)24)28-11-16-8-17(21-27-16)14-5-4-6-15(7-14)23(25)26/h4-8,10,12H,9,11H2,1-3H3. The average Bonchev–Trinajstić information content (AvgIpc) is 3.12. The van der Waals surface area contributed by atoms with Gasteiger partial charge in [-0.3, -0.25) is 14.7 Å². The minimum Gasteiger partial charge on any atom is -0.360 e. The Kier molecular flexibility index (Phi) is 5.93. The Morgan fingerprint density at radius 1 is 1.32 bits per heavy atom. The molecule has 0 aliphatic carbocycles. The second kappa shape index (κ2) is 8.39. The van der Waals surface area contributed by atoms with E-state index in [9.17, 15) is 14.9 Å². The van der Waals surface area contributed by atoms with Crippen LogP contribution in [-0.2, 0) is 12.3 Å². The van der Waals surface area contributed by atoms with Crippen molar-refractivity contribution < 1.29 is 9.45 Å². The lowest BCUT2D eigenvalue weighted by atomic mass is 10.1. The first kappa shape index (κ1) is 19.8. The van der Waals surface area contributed by atoms with Crippen LogP contribution in [0.5, 0.6) is 0 Å². The van der Waals surface area contributed by atoms with Gasteiger partial charge in [-0.2, -0.15) is 4.98 Å². The zero-order valence-corrected chi connectivity index (χ0v) is 16.6. The van der Waals surface area contributed by atoms with Crippen LogP contribution in [0.4, 0.5) is 5.69 Å². The zero-order valence-electron chi connectivity index (χ0n) is 15.8. The average molecular weight is 400 g/mol. The quantitative estimate of drug-likeness (QED) is 0.255. The lowest BCUT2D eigenvalue weighted by Gasteiger charge is -2.10. The SMILES string of the molecule is Cc1cn(CC(C)C)c(=O)nc1SCc1cc(-c2cccc([N+](=O)[O-])c2)no1. The van der Waals surface area contributed by atoms with Crippen LogP contribution in [0, 0.1) is 23.0 Å². The van der Waals surface area contributed by atoms with Crippen LogP contribution in [0.25, 0.3) is 11.3 Å². The number of non-ortho nitro benzene ring substituents is 1. The summed E-state index contributed by atoms with van der Waals surface area (Å²) in [6.45, 7) is 6.65. The summed E-state index contributed by atoms with van der Waals surface area (Å²) >= 11 is 1.39. The summed E-state index contributed by atoms with van der Waals surface area (Å²) in [7, 11) is 0. The highest BCUT2D eigenvalue weighted by molar-refractivity contribution is 7.98. The minimum absolute atomic E-state index is 0.00166. The summed E-state index contributed by atoms with van der Waals surface area (Å²) in [4.78, 5) is 26.8. The van der Waals surface area contributed by atoms with Crippen LogP contribution in [0.15, 0.2) is 50.9 Å². The monoisotopic (exact) mass is 400 g/mol. The van der Waals surface area contributed by atoms with Gasteiger partial charge in [0, 0.05) is 36.5 Å². The molecule has 0 bridgehead atoms. The van der Waals surface area contributed by atoms with Gasteiger partial charge >= 0.3 is 5.69 Å². The van der Waals surface area contributed by atoms with Gasteiger partial charge in [0.25, 0.3) is 5.69 Å². The van der Waals surface area contributed by atoms with Gasteiger partial charge in [0.1, 0.15) is 16.5 Å². The van der Waals surface area contributed by atoms with E-state index in [0.717, 1.165) is 5.56 Å². The maximum atomic E-state index is 12.2. The predicted molar refractivity (Wildman–Crippen MR) is 106 cm³/mol. The first-order valence-corrected chi connectivity index (χ1v) is 9.73. The molecule has 1 aromatic carbocycles. The highest BCUT2D eigenvalue weighted by atomic mass is 32.2. The molecule has 0 saturated heterocycles. The number of nitro benzene ring substituents is 1. The molecule has 0 radical (unpaired) electrons. The summed E-state index contributed by atoms with van der Waals surface area (Å²) in [5, 5.41) is 15.6. The van der Waals surface area contributed by atoms with Crippen LogP contribution in [0.2, 0.25) is 0 Å². The molecule has 9 heteroatoms. The molecule has 0 fully saturated rings. The fourth-order valence-electron chi connectivity index (χ4n) is 2.69. The largest absolute Gasteiger partial charge is 0.360 e. The van der Waals surface area contributed by atoms with Gasteiger partial charge in [0.2, 0.25) is 0 Å². The van der Waals surface area contributed by atoms with Crippen molar-refractivity contribution in [1.82, 2.24) is 14.7 Å². The molecule has 0 aliphatic rings. The predicted octanol–water partition coefficient (Wildman–Crippen LogP) is 4.06. The molecule has 0 aliphatic heterocycles. The van der Waals surface area contributed by atoms with E-state index in [-0.39, 0.29) is 11.4 Å². The summed E-state index contributed by atoms with van der Waals surface area (Å²) in [6, 6.07) is 7.96. The molecule has 146 valence electrons. The number of aryl methyl sites for hydroxylation is 1. The Bertz CT molecular complexity index is 1060. The second-order valence-electron chi connectivity index (χ2n) is 6.83. The molecule has 0 unspecified atom stereocenters. The Morgan fingerprint density at radius 2 is 2.11 bits per heavy atom. The van der Waals surface area contributed by atoms with E-state index >= 15 is 0 Å². The van der Waals surface area contributed by atoms with Crippen LogP contribution in [0.1, 0.15) is 25.2 Å². The number of benzene rings is 1. The highest BCUT2D eigenvalue weighted by Gasteiger charge is 2.13. The molecule has 0 spiro atoms. The number of rotatable bonds is 7. The number of aromatic nitrogens is 3. The molecule has 2 aromatic heterocycles. The Hall–Kier alpha value is -2.94. The third-order valence-corrected chi connectivity index (χ3v) is 5.07. The van der Waals surface area contributed by atoms with E-state index in [1.807, 2.05) is 27.0 Å². The van der Waals surface area contributed by atoms with Crippen molar-refractivity contribution in [3.05, 3.63) is 68.5 Å². The van der Waals surface area contributed by atoms with Crippen molar-refractivity contribution in [2.24, 2.45) is 5.92 Å². The Morgan fingerprint density at radius 3 is 2.82 bits per heavy atom. The van der Waals surface area contributed by atoms with Crippen molar-refractivity contribution in [2.75, 3.05) is 0 Å². The van der Waals surface area contributed by atoms with Gasteiger partial charge in [0.15, 0.2) is 0 Å². The minimum atomic E-state index is -0.448. The van der Waals surface area contributed by atoms with Crippen LogP contribution < -0.4 is 5.69 Å². The normalized spacial score (nSPS) is 11.1. The maximum Gasteiger partial charge on any atom is 0.348 e. The van der Waals surface area contributed by atoms with E-state index in [1.165, 1.54) is 23.9 Å². The summed E-state index contributed by atoms with van der Waals surface area (Å²) in [5.74, 6) is 1.40. The molecule has 0 saturated carbocycles. The molecule has 8 nitrogen and oxygen atoms in total. The van der Waals surface area contributed by atoms with Crippen molar-refractivity contribution in [1.29, 1.82) is 0 Å². The topological polar surface area (TPSA) is 104 Å². The fraction of sp³-hybridized carbons (Fsp3) is 0.316. The van der Waals surface area contributed by atoms with Crippen molar-refractivity contribution >= 4 is 17.4 Å². The van der Waals surface area contributed by atoms with Gasteiger partial charge in [-0.1, -0.05) is 42.9 Å². The first-order valence-electron chi connectivity index (χ1n) is 8.75. The molecule has 0 amide bonds. The van der Waals surface area contributed by atoms with Crippen molar-refractivity contribution in [3.8, 4) is 11.3 Å². The van der Waals surface area contributed by atoms with Gasteiger partial charge in [-0.25, -0.2) is 4.79 Å². The van der Waals surface area contributed by atoms with Gasteiger partial charge < -0.3 is 4.52 Å². The second-order valence-corrected chi connectivity index (χ2v) is 7.80. The smallest absolute Gasteiger partial charge is 0.348 e. The van der Waals surface area contributed by atoms with E-state index in [4.69, 9.17) is 4.52 Å². The Labute approximate surface area is 165 Å². The number of hydrogen-bond acceptors (Lipinski definition) is 7. The fourth-order valence-corrected chi connectivity index (χ4v) is 3.53. The molecule has 3 aromatic rings. The van der Waals surface area contributed by atoms with Crippen LogP contribution in [-0.4, -0.2) is 19.6 Å². The molecule has 0 N–H and O–H groups in total. The van der Waals surface area contributed by atoms with Gasteiger partial charge in [-0.05, 0) is 18.4 Å². The van der Waals surface area contributed by atoms with E-state index < -0.39 is 4.92 Å². The first-order chi connectivity index (χ1) is 13.3. The lowest BCUT2D eigenvalue weighted by molar-refractivity contribution is -0.384. The summed E-state index contributed by atoms with van der Waals surface area (Å²) in [6.07, 6.45) is 1.83. The van der Waals surface area contributed by atoms with Gasteiger partial charge in [0.05, 0.1) is 10.7 Å². The van der Waals surface area contributed by atoms with Crippen molar-refractivity contribution in [3.63, 3.8) is 0 Å². The third kappa shape index (κ3) is 4.66. The molecular weight excluding hydrogens is 380 g/mol. The molecule has 28 heavy (non-hydrogen) atoms. The van der Waals surface area contributed by atoms with E-state index in [2.05, 4.69) is 10.1 Å². The van der Waals surface area contributed by atoms with E-state index in [0.29, 0.717) is 40.3 Å². The van der Waals surface area contributed by atoms with Gasteiger partial charge in [-0.15, -0.1) is 0 Å². The maximum absolute atomic E-state index is 12.2. The number of nitrogens with zero attached hydrogens (tertiary/aromatic N) is 4. The molecule has 3 rings (SSSR count).